The number of nitrogens with zero attached hydrogens (tertiary/aromatic N) is 2. The molecular formula is C28H22CoN5O. The number of hydrogen-bond donors (Lipinski definition) is 3. The van der Waals surface area contributed by atoms with Gasteiger partial charge >= 0.3 is 73.1 Å². The van der Waals surface area contributed by atoms with Gasteiger partial charge in [-0.1, -0.05) is 0 Å². The second-order valence-electron chi connectivity index (χ2n) is 8.04. The zero-order valence-corrected chi connectivity index (χ0v) is 19.9. The Bertz CT molecular complexity index is 1450. The van der Waals surface area contributed by atoms with Gasteiger partial charge in [0.05, 0.1) is 22.8 Å². The van der Waals surface area contributed by atoms with Crippen molar-refractivity contribution in [2.24, 2.45) is 0 Å². The van der Waals surface area contributed by atoms with Crippen LogP contribution in [0.1, 0.15) is 29.7 Å². The van der Waals surface area contributed by atoms with Crippen molar-refractivity contribution in [1.29, 1.82) is 0 Å². The number of carbonyl (C=O) groups is 1. The van der Waals surface area contributed by atoms with Crippen LogP contribution < -0.4 is 9.81 Å². The van der Waals surface area contributed by atoms with Gasteiger partial charge in [-0.3, -0.25) is 0 Å². The standard InChI is InChI=1S/C20H14N4.C8H8NO.Co/c1-2-14-10-16-5-6-18(23-16)12-20-8-7-19(24-20)11-17-4-3-15(22-17)9-13(1)21-14;1-7(10)9-8-5-3-2-4-6-8;/h1-12,21,24H;2-5H,1H3,(H,9,10);. The third-order valence-electron chi connectivity index (χ3n) is 5.21. The number of hydrogen-bond acceptors (Lipinski definition) is 3. The zero-order chi connectivity index (χ0) is 24.2. The fourth-order valence-electron chi connectivity index (χ4n) is 3.68. The summed E-state index contributed by atoms with van der Waals surface area (Å²) in [5, 5.41) is 2.66. The average molecular weight is 503 g/mol. The van der Waals surface area contributed by atoms with Gasteiger partial charge in [0.25, 0.3) is 0 Å². The van der Waals surface area contributed by atoms with E-state index in [1.54, 1.807) is 0 Å². The van der Waals surface area contributed by atoms with E-state index < -0.39 is 0 Å². The van der Waals surface area contributed by atoms with Crippen LogP contribution in [0.2, 0.25) is 0 Å². The normalized spacial score (nSPS) is 11.6. The molecule has 4 aromatic rings. The van der Waals surface area contributed by atoms with Crippen molar-refractivity contribution in [1.82, 2.24) is 19.9 Å². The van der Waals surface area contributed by atoms with Crippen LogP contribution in [-0.4, -0.2) is 25.8 Å². The van der Waals surface area contributed by atoms with E-state index in [1.807, 2.05) is 72.8 Å². The number of H-pyrrole nitrogens is 2. The number of aromatic amines is 2. The molecule has 0 fully saturated rings. The van der Waals surface area contributed by atoms with Crippen molar-refractivity contribution in [3.63, 3.8) is 0 Å². The molecule has 35 heavy (non-hydrogen) atoms. The molecule has 3 aromatic heterocycles. The molecule has 3 N–H and O–H groups in total. The van der Waals surface area contributed by atoms with E-state index in [4.69, 9.17) is 0 Å². The van der Waals surface area contributed by atoms with Gasteiger partial charge < -0.3 is 9.97 Å². The van der Waals surface area contributed by atoms with Gasteiger partial charge in [-0.15, -0.1) is 0 Å². The number of rotatable bonds is 1. The summed E-state index contributed by atoms with van der Waals surface area (Å²) in [6, 6.07) is 23.7. The molecule has 8 bridgehead atoms. The van der Waals surface area contributed by atoms with Crippen molar-refractivity contribution in [2.45, 2.75) is 6.92 Å². The Hall–Kier alpha value is -4.20. The molecule has 6 nitrogen and oxygen atoms in total. The summed E-state index contributed by atoms with van der Waals surface area (Å²) in [6.45, 7) is 1.47. The van der Waals surface area contributed by atoms with Gasteiger partial charge in [-0.05, 0) is 72.8 Å². The van der Waals surface area contributed by atoms with Crippen molar-refractivity contribution < 1.29 is 20.5 Å². The molecule has 0 atom stereocenters. The predicted molar refractivity (Wildman–Crippen MR) is 139 cm³/mol. The first-order valence-corrected chi connectivity index (χ1v) is 11.6. The Labute approximate surface area is 210 Å². The topological polar surface area (TPSA) is 86.5 Å². The Kier molecular flexibility index (Phi) is 6.43. The van der Waals surface area contributed by atoms with Crippen LogP contribution in [0, 0.1) is 0 Å². The van der Waals surface area contributed by atoms with Crippen molar-refractivity contribution in [3.05, 3.63) is 95.6 Å². The Balaban J connectivity index is 0.000000195. The average Bonchev–Trinajstić information content (AvgIpc) is 3.62. The number of amides is 1. The first-order chi connectivity index (χ1) is 17.0. The minimum atomic E-state index is -0.0784. The molecule has 0 aliphatic carbocycles. The van der Waals surface area contributed by atoms with Crippen molar-refractivity contribution >= 4 is 62.5 Å². The number of anilines is 1. The third-order valence-corrected chi connectivity index (χ3v) is 5.66. The maximum absolute atomic E-state index is 10.6. The summed E-state index contributed by atoms with van der Waals surface area (Å²) in [5.74, 6) is -0.0784. The first-order valence-electron chi connectivity index (χ1n) is 11.0. The first kappa shape index (κ1) is 22.6. The Morgan fingerprint density at radius 2 is 1.09 bits per heavy atom. The van der Waals surface area contributed by atoms with Crippen LogP contribution in [0.5, 0.6) is 0 Å². The molecule has 1 aromatic carbocycles. The van der Waals surface area contributed by atoms with Crippen LogP contribution in [0.25, 0.3) is 46.4 Å². The number of fused-ring (bicyclic) bond motifs is 8. The molecule has 2 aliphatic rings. The summed E-state index contributed by atoms with van der Waals surface area (Å²) in [7, 11) is 0. The van der Waals surface area contributed by atoms with Gasteiger partial charge in [0.2, 0.25) is 0 Å². The molecule has 0 saturated heterocycles. The SMILES string of the molecule is C1=Cc2cc3ccc(cc4nc(cc5ccc(cc1n2)[nH]5)C=C4)[nH]3.CC(=O)Nc1cccc[c]1[Co]. The van der Waals surface area contributed by atoms with Gasteiger partial charge in [-0.25, -0.2) is 9.97 Å². The predicted octanol–water partition coefficient (Wildman–Crippen LogP) is 5.47. The van der Waals surface area contributed by atoms with Gasteiger partial charge in [0.1, 0.15) is 0 Å². The third kappa shape index (κ3) is 5.84. The van der Waals surface area contributed by atoms with Crippen LogP contribution in [-0.2, 0) is 20.5 Å². The fourth-order valence-corrected chi connectivity index (χ4v) is 3.94. The van der Waals surface area contributed by atoms with Crippen molar-refractivity contribution in [3.8, 4) is 0 Å². The van der Waals surface area contributed by atoms with Gasteiger partial charge in [0.15, 0.2) is 0 Å². The fraction of sp³-hybridized carbons (Fsp3) is 0.0357. The monoisotopic (exact) mass is 503 g/mol. The number of carbonyl (C=O) groups excluding carboxylic acids is 1. The summed E-state index contributed by atoms with van der Waals surface area (Å²) in [4.78, 5) is 26.6. The zero-order valence-electron chi connectivity index (χ0n) is 18.9. The molecule has 0 unspecified atom stereocenters. The van der Waals surface area contributed by atoms with Crippen LogP contribution in [0.15, 0.2) is 72.8 Å². The van der Waals surface area contributed by atoms with E-state index in [-0.39, 0.29) is 5.91 Å². The Morgan fingerprint density at radius 3 is 1.46 bits per heavy atom. The molecule has 0 spiro atoms. The van der Waals surface area contributed by atoms with E-state index >= 15 is 0 Å². The van der Waals surface area contributed by atoms with E-state index in [0.717, 1.165) is 55.0 Å². The van der Waals surface area contributed by atoms with E-state index in [0.29, 0.717) is 0 Å². The summed E-state index contributed by atoms with van der Waals surface area (Å²) >= 11 is 4.21. The van der Waals surface area contributed by atoms with Crippen LogP contribution >= 0.6 is 0 Å². The van der Waals surface area contributed by atoms with Crippen molar-refractivity contribution in [2.75, 3.05) is 5.32 Å². The molecule has 174 valence electrons. The molecule has 1 amide bonds. The van der Waals surface area contributed by atoms with E-state index in [9.17, 15) is 4.79 Å². The quantitative estimate of drug-likeness (QED) is 0.278. The number of para-hydroxylation sites is 1. The van der Waals surface area contributed by atoms with E-state index in [2.05, 4.69) is 65.3 Å². The van der Waals surface area contributed by atoms with Crippen LogP contribution in [0.4, 0.5) is 5.69 Å². The molecule has 2 aliphatic heterocycles. The minimum absolute atomic E-state index is 0.0784. The second kappa shape index (κ2) is 9.96. The number of nitrogens with one attached hydrogen (secondary N) is 3. The Morgan fingerprint density at radius 1 is 0.686 bits per heavy atom. The summed E-state index contributed by atoms with van der Waals surface area (Å²) in [6.07, 6.45) is 8.09. The molecule has 7 heteroatoms. The summed E-state index contributed by atoms with van der Waals surface area (Å²) < 4.78 is 0.773. The molecule has 6 rings (SSSR count). The van der Waals surface area contributed by atoms with Gasteiger partial charge in [-0.2, -0.15) is 0 Å². The summed E-state index contributed by atoms with van der Waals surface area (Å²) in [5.41, 5.74) is 8.61. The second-order valence-corrected chi connectivity index (χ2v) is 8.60. The number of aromatic nitrogens is 4. The molecule has 0 radical (unpaired) electrons. The number of benzene rings is 1. The van der Waals surface area contributed by atoms with Gasteiger partial charge in [0, 0.05) is 22.1 Å². The molecular weight excluding hydrogens is 481 g/mol. The molecule has 5 heterocycles. The van der Waals surface area contributed by atoms with Crippen LogP contribution in [0.3, 0.4) is 0 Å². The van der Waals surface area contributed by atoms with E-state index in [1.165, 1.54) is 6.92 Å². The maximum atomic E-state index is 10.6. The molecule has 0 saturated carbocycles.